The number of nitriles is 1. The number of para-hydroxylation sites is 1. The minimum absolute atomic E-state index is 0.0757. The van der Waals surface area contributed by atoms with Crippen LogP contribution < -0.4 is 10.6 Å². The first-order valence-electron chi connectivity index (χ1n) is 9.92. The van der Waals surface area contributed by atoms with Crippen LogP contribution >= 0.6 is 22.9 Å². The van der Waals surface area contributed by atoms with Gasteiger partial charge < -0.3 is 5.73 Å². The summed E-state index contributed by atoms with van der Waals surface area (Å²) in [7, 11) is 0. The smallest absolute Gasteiger partial charge is 0.162 e. The van der Waals surface area contributed by atoms with E-state index in [4.69, 9.17) is 17.3 Å². The van der Waals surface area contributed by atoms with Gasteiger partial charge in [0.05, 0.1) is 28.3 Å². The maximum Gasteiger partial charge on any atom is 0.162 e. The topological polar surface area (TPSA) is 70.1 Å². The highest BCUT2D eigenvalue weighted by molar-refractivity contribution is 7.12. The molecule has 1 aromatic heterocycles. The van der Waals surface area contributed by atoms with Gasteiger partial charge in [-0.1, -0.05) is 37.6 Å². The molecule has 2 aromatic rings. The fraction of sp³-hybridized carbons (Fsp3) is 0.333. The molecule has 2 aliphatic rings. The number of thiophene rings is 1. The summed E-state index contributed by atoms with van der Waals surface area (Å²) in [6.45, 7) is 8.26. The van der Waals surface area contributed by atoms with Crippen LogP contribution in [0.2, 0.25) is 5.02 Å². The molecule has 154 valence electrons. The average Bonchev–Trinajstić information content (AvgIpc) is 2.99. The third-order valence-corrected chi connectivity index (χ3v) is 7.17. The maximum absolute atomic E-state index is 13.5. The standard InChI is InChI=1S/C24H24ClN3OS/c1-13-9-15(14(2)30-13)21-16(12-26)23(27)28(18-8-6-5-7-17(18)25)19-10-24(3,4)11-20(29)22(19)21/h5-9,21H,10-11,27H2,1-4H3/t21-/m0/s1. The zero-order valence-corrected chi connectivity index (χ0v) is 19.1. The van der Waals surface area contributed by atoms with E-state index in [0.29, 0.717) is 40.5 Å². The van der Waals surface area contributed by atoms with Crippen molar-refractivity contribution in [1.82, 2.24) is 0 Å². The predicted octanol–water partition coefficient (Wildman–Crippen LogP) is 5.96. The molecule has 4 rings (SSSR count). The van der Waals surface area contributed by atoms with E-state index in [0.717, 1.165) is 21.0 Å². The first-order chi connectivity index (χ1) is 14.1. The molecule has 0 amide bonds. The summed E-state index contributed by atoms with van der Waals surface area (Å²) in [6.07, 6.45) is 1.12. The van der Waals surface area contributed by atoms with E-state index < -0.39 is 5.92 Å². The predicted molar refractivity (Wildman–Crippen MR) is 122 cm³/mol. The van der Waals surface area contributed by atoms with E-state index in [1.165, 1.54) is 0 Å². The molecule has 2 N–H and O–H groups in total. The van der Waals surface area contributed by atoms with Crippen molar-refractivity contribution in [3.8, 4) is 6.07 Å². The fourth-order valence-electron chi connectivity index (χ4n) is 4.67. The SMILES string of the molecule is Cc1cc([C@H]2C(C#N)=C(N)N(c3ccccc3Cl)C3=C2C(=O)CC(C)(C)C3)c(C)s1. The number of Topliss-reactive ketones (excluding diaryl/α,β-unsaturated/α-hetero) is 1. The highest BCUT2D eigenvalue weighted by Crippen LogP contribution is 2.51. The minimum atomic E-state index is -0.433. The molecule has 1 atom stereocenters. The Morgan fingerprint density at radius 1 is 1.27 bits per heavy atom. The summed E-state index contributed by atoms with van der Waals surface area (Å²) in [4.78, 5) is 17.6. The van der Waals surface area contributed by atoms with E-state index in [1.807, 2.05) is 36.9 Å². The molecule has 1 aromatic carbocycles. The molecule has 4 nitrogen and oxygen atoms in total. The number of hydrogen-bond acceptors (Lipinski definition) is 5. The minimum Gasteiger partial charge on any atom is -0.384 e. The second-order valence-corrected chi connectivity index (χ2v) is 10.7. The third-order valence-electron chi connectivity index (χ3n) is 5.86. The Morgan fingerprint density at radius 3 is 2.57 bits per heavy atom. The molecule has 6 heteroatoms. The second kappa shape index (κ2) is 7.30. The number of nitrogens with two attached hydrogens (primary N) is 1. The zero-order chi connectivity index (χ0) is 21.8. The van der Waals surface area contributed by atoms with Gasteiger partial charge in [-0.05, 0) is 49.4 Å². The summed E-state index contributed by atoms with van der Waals surface area (Å²) in [6, 6.07) is 11.8. The van der Waals surface area contributed by atoms with Crippen molar-refractivity contribution in [3.63, 3.8) is 0 Å². The van der Waals surface area contributed by atoms with Crippen molar-refractivity contribution < 1.29 is 4.79 Å². The summed E-state index contributed by atoms with van der Waals surface area (Å²) >= 11 is 8.20. The van der Waals surface area contributed by atoms with Gasteiger partial charge in [0.1, 0.15) is 5.82 Å². The number of halogens is 1. The second-order valence-electron chi connectivity index (χ2n) is 8.80. The van der Waals surface area contributed by atoms with Crippen molar-refractivity contribution in [3.05, 3.63) is 73.3 Å². The van der Waals surface area contributed by atoms with Crippen LogP contribution in [-0.4, -0.2) is 5.78 Å². The van der Waals surface area contributed by atoms with E-state index >= 15 is 0 Å². The first-order valence-corrected chi connectivity index (χ1v) is 11.1. The number of nitrogens with zero attached hydrogens (tertiary/aromatic N) is 2. The number of hydrogen-bond donors (Lipinski definition) is 1. The van der Waals surface area contributed by atoms with E-state index in [2.05, 4.69) is 26.0 Å². The van der Waals surface area contributed by atoms with Crippen LogP contribution in [0.15, 0.2) is 53.0 Å². The molecule has 0 fully saturated rings. The van der Waals surface area contributed by atoms with Crippen molar-refractivity contribution >= 4 is 34.4 Å². The maximum atomic E-state index is 13.5. The van der Waals surface area contributed by atoms with Crippen LogP contribution in [0.1, 0.15) is 47.9 Å². The summed E-state index contributed by atoms with van der Waals surface area (Å²) in [5.74, 6) is -0.00722. The molecule has 1 aliphatic heterocycles. The van der Waals surface area contributed by atoms with E-state index in [-0.39, 0.29) is 11.2 Å². The fourth-order valence-corrected chi connectivity index (χ4v) is 5.85. The summed E-state index contributed by atoms with van der Waals surface area (Å²) in [5, 5.41) is 10.7. The number of allylic oxidation sites excluding steroid dienone is 3. The number of carbonyl (C=O) groups is 1. The molecule has 1 aliphatic carbocycles. The lowest BCUT2D eigenvalue weighted by molar-refractivity contribution is -0.118. The van der Waals surface area contributed by atoms with Gasteiger partial charge in [0, 0.05) is 27.4 Å². The molecule has 0 unspecified atom stereocenters. The Morgan fingerprint density at radius 2 is 1.97 bits per heavy atom. The van der Waals surface area contributed by atoms with Gasteiger partial charge in [0.25, 0.3) is 0 Å². The lowest BCUT2D eigenvalue weighted by atomic mass is 9.68. The van der Waals surface area contributed by atoms with Crippen molar-refractivity contribution in [2.75, 3.05) is 4.90 Å². The molecule has 0 saturated carbocycles. The van der Waals surface area contributed by atoms with Crippen molar-refractivity contribution in [1.29, 1.82) is 5.26 Å². The summed E-state index contributed by atoms with van der Waals surface area (Å²) in [5.41, 5.74) is 10.1. The number of ketones is 1. The van der Waals surface area contributed by atoms with Crippen molar-refractivity contribution in [2.45, 2.75) is 46.5 Å². The normalized spacial score (nSPS) is 21.0. The molecule has 0 radical (unpaired) electrons. The van der Waals surface area contributed by atoms with Crippen molar-refractivity contribution in [2.24, 2.45) is 11.1 Å². The Hall–Kier alpha value is -2.55. The largest absolute Gasteiger partial charge is 0.384 e. The summed E-state index contributed by atoms with van der Waals surface area (Å²) < 4.78 is 0. The lowest BCUT2D eigenvalue weighted by Gasteiger charge is -2.44. The van der Waals surface area contributed by atoms with Crippen LogP contribution in [0.25, 0.3) is 0 Å². The number of benzene rings is 1. The lowest BCUT2D eigenvalue weighted by Crippen LogP contribution is -2.42. The monoisotopic (exact) mass is 437 g/mol. The van der Waals surface area contributed by atoms with Gasteiger partial charge in [-0.25, -0.2) is 0 Å². The number of rotatable bonds is 2. The highest BCUT2D eigenvalue weighted by atomic mass is 35.5. The van der Waals surface area contributed by atoms with Crippen LogP contribution in [-0.2, 0) is 4.79 Å². The quantitative estimate of drug-likeness (QED) is 0.629. The van der Waals surface area contributed by atoms with E-state index in [9.17, 15) is 10.1 Å². The molecule has 0 bridgehead atoms. The molecular weight excluding hydrogens is 414 g/mol. The van der Waals surface area contributed by atoms with Gasteiger partial charge in [0.2, 0.25) is 0 Å². The van der Waals surface area contributed by atoms with Crippen LogP contribution in [0, 0.1) is 30.6 Å². The molecule has 30 heavy (non-hydrogen) atoms. The van der Waals surface area contributed by atoms with Gasteiger partial charge in [-0.15, -0.1) is 11.3 Å². The van der Waals surface area contributed by atoms with Crippen LogP contribution in [0.4, 0.5) is 5.69 Å². The number of carbonyl (C=O) groups excluding carboxylic acids is 1. The average molecular weight is 438 g/mol. The molecule has 0 spiro atoms. The Balaban J connectivity index is 2.04. The van der Waals surface area contributed by atoms with Gasteiger partial charge in [0.15, 0.2) is 5.78 Å². The van der Waals surface area contributed by atoms with Gasteiger partial charge in [-0.2, -0.15) is 5.26 Å². The Kier molecular flexibility index (Phi) is 5.04. The highest BCUT2D eigenvalue weighted by Gasteiger charge is 2.45. The number of aryl methyl sites for hydroxylation is 2. The third kappa shape index (κ3) is 3.25. The molecule has 2 heterocycles. The zero-order valence-electron chi connectivity index (χ0n) is 17.5. The van der Waals surface area contributed by atoms with E-state index in [1.54, 1.807) is 17.4 Å². The molecule has 0 saturated heterocycles. The Bertz CT molecular complexity index is 1170. The number of anilines is 1. The van der Waals surface area contributed by atoms with Gasteiger partial charge in [-0.3, -0.25) is 9.69 Å². The Labute approximate surface area is 186 Å². The van der Waals surface area contributed by atoms with Crippen LogP contribution in [0.5, 0.6) is 0 Å². The first kappa shape index (κ1) is 20.7. The van der Waals surface area contributed by atoms with Gasteiger partial charge >= 0.3 is 0 Å². The molecular formula is C24H24ClN3OS. The van der Waals surface area contributed by atoms with Crippen LogP contribution in [0.3, 0.4) is 0 Å².